The van der Waals surface area contributed by atoms with Crippen LogP contribution in [0.2, 0.25) is 0 Å². The van der Waals surface area contributed by atoms with Crippen molar-refractivity contribution in [3.8, 4) is 0 Å². The number of fused-ring (bicyclic) bond motifs is 1. The Morgan fingerprint density at radius 1 is 1.35 bits per heavy atom. The third-order valence-corrected chi connectivity index (χ3v) is 5.58. The Balaban J connectivity index is 1.80. The Kier molecular flexibility index (Phi) is 3.91. The number of halogens is 1. The quantitative estimate of drug-likeness (QED) is 0.853. The first-order valence-electron chi connectivity index (χ1n) is 9.11. The number of aromatic nitrogens is 3. The number of pyridine rings is 1. The normalized spacial score (nSPS) is 20.9. The van der Waals surface area contributed by atoms with E-state index in [4.69, 9.17) is 5.73 Å². The van der Waals surface area contributed by atoms with Crippen LogP contribution in [0.15, 0.2) is 15.7 Å². The second kappa shape index (κ2) is 5.90. The summed E-state index contributed by atoms with van der Waals surface area (Å²) in [6, 6.07) is 1.19. The Hall–Kier alpha value is -2.22. The van der Waals surface area contributed by atoms with Gasteiger partial charge in [-0.25, -0.2) is 14.2 Å². The number of nitrogens with zero attached hydrogens (tertiary/aromatic N) is 3. The molecule has 1 aliphatic heterocycles. The van der Waals surface area contributed by atoms with Crippen LogP contribution in [0.25, 0.3) is 11.0 Å². The maximum absolute atomic E-state index is 14.7. The molecule has 0 bridgehead atoms. The van der Waals surface area contributed by atoms with Crippen molar-refractivity contribution in [3.05, 3.63) is 32.7 Å². The standard InChI is InChI=1S/C18H24FN5O2/c1-18(2,20)11-5-6-23(9-11)15-13(19)7-12-14(21-15)24(8-10-3-4-10)17(26)22-16(12)25/h7,10-11H,3-6,8-9,20H2,1-2H3,(H,22,25,26). The summed E-state index contributed by atoms with van der Waals surface area (Å²) in [5.41, 5.74) is 5.03. The summed E-state index contributed by atoms with van der Waals surface area (Å²) in [6.45, 7) is 5.70. The summed E-state index contributed by atoms with van der Waals surface area (Å²) in [7, 11) is 0. The van der Waals surface area contributed by atoms with Crippen LogP contribution in [-0.4, -0.2) is 33.2 Å². The maximum atomic E-state index is 14.7. The number of H-pyrrole nitrogens is 1. The van der Waals surface area contributed by atoms with E-state index in [2.05, 4.69) is 9.97 Å². The van der Waals surface area contributed by atoms with Crippen LogP contribution < -0.4 is 21.9 Å². The summed E-state index contributed by atoms with van der Waals surface area (Å²) < 4.78 is 16.2. The third kappa shape index (κ3) is 3.02. The van der Waals surface area contributed by atoms with Gasteiger partial charge in [-0.15, -0.1) is 0 Å². The molecule has 2 fully saturated rings. The SMILES string of the molecule is CC(C)(N)C1CCN(c2nc3c(cc2F)c(=O)[nH]c(=O)n3CC2CC2)C1. The molecule has 0 spiro atoms. The number of nitrogens with two attached hydrogens (primary N) is 1. The fourth-order valence-electron chi connectivity index (χ4n) is 3.68. The first-order valence-corrected chi connectivity index (χ1v) is 9.11. The number of nitrogens with one attached hydrogen (secondary N) is 1. The minimum absolute atomic E-state index is 0.112. The molecule has 2 aromatic heterocycles. The first kappa shape index (κ1) is 17.2. The highest BCUT2D eigenvalue weighted by molar-refractivity contribution is 5.76. The van der Waals surface area contributed by atoms with Crippen LogP contribution in [-0.2, 0) is 6.54 Å². The highest BCUT2D eigenvalue weighted by Crippen LogP contribution is 2.32. The molecule has 2 aliphatic rings. The second-order valence-electron chi connectivity index (χ2n) is 8.23. The topological polar surface area (TPSA) is 97.0 Å². The fraction of sp³-hybridized carbons (Fsp3) is 0.611. The van der Waals surface area contributed by atoms with Crippen molar-refractivity contribution in [1.29, 1.82) is 0 Å². The fourth-order valence-corrected chi connectivity index (χ4v) is 3.68. The number of rotatable bonds is 4. The van der Waals surface area contributed by atoms with Crippen molar-refractivity contribution >= 4 is 16.9 Å². The Bertz CT molecular complexity index is 970. The molecule has 1 aliphatic carbocycles. The largest absolute Gasteiger partial charge is 0.354 e. The van der Waals surface area contributed by atoms with Crippen molar-refractivity contribution in [2.45, 2.75) is 45.2 Å². The molecule has 1 unspecified atom stereocenters. The molecule has 0 amide bonds. The molecule has 3 heterocycles. The van der Waals surface area contributed by atoms with Gasteiger partial charge in [0.25, 0.3) is 5.56 Å². The number of hydrogen-bond acceptors (Lipinski definition) is 5. The molecule has 2 aromatic rings. The maximum Gasteiger partial charge on any atom is 0.330 e. The second-order valence-corrected chi connectivity index (χ2v) is 8.23. The van der Waals surface area contributed by atoms with Crippen molar-refractivity contribution in [2.24, 2.45) is 17.6 Å². The van der Waals surface area contributed by atoms with E-state index in [1.54, 1.807) is 0 Å². The lowest BCUT2D eigenvalue weighted by atomic mass is 9.88. The molecule has 8 heteroatoms. The van der Waals surface area contributed by atoms with Crippen LogP contribution in [0.4, 0.5) is 10.2 Å². The van der Waals surface area contributed by atoms with E-state index in [1.165, 1.54) is 10.6 Å². The predicted octanol–water partition coefficient (Wildman–Crippen LogP) is 1.20. The molecule has 140 valence electrons. The summed E-state index contributed by atoms with van der Waals surface area (Å²) in [5.74, 6) is 0.299. The molecule has 0 aromatic carbocycles. The van der Waals surface area contributed by atoms with Crippen LogP contribution in [0, 0.1) is 17.7 Å². The molecular weight excluding hydrogens is 337 g/mol. The smallest absolute Gasteiger partial charge is 0.330 e. The molecule has 1 atom stereocenters. The minimum atomic E-state index is -0.600. The lowest BCUT2D eigenvalue weighted by Crippen LogP contribution is -2.42. The number of aromatic amines is 1. The van der Waals surface area contributed by atoms with Crippen LogP contribution >= 0.6 is 0 Å². The number of anilines is 1. The summed E-state index contributed by atoms with van der Waals surface area (Å²) in [4.78, 5) is 32.9. The molecule has 1 saturated heterocycles. The van der Waals surface area contributed by atoms with Crippen molar-refractivity contribution in [1.82, 2.24) is 14.5 Å². The lowest BCUT2D eigenvalue weighted by molar-refractivity contribution is 0.348. The van der Waals surface area contributed by atoms with E-state index >= 15 is 0 Å². The van der Waals surface area contributed by atoms with Gasteiger partial charge in [0.1, 0.15) is 0 Å². The van der Waals surface area contributed by atoms with Crippen molar-refractivity contribution in [3.63, 3.8) is 0 Å². The average molecular weight is 361 g/mol. The van der Waals surface area contributed by atoms with Gasteiger partial charge in [-0.3, -0.25) is 14.3 Å². The van der Waals surface area contributed by atoms with Gasteiger partial charge >= 0.3 is 5.69 Å². The van der Waals surface area contributed by atoms with Gasteiger partial charge in [0, 0.05) is 25.2 Å². The monoisotopic (exact) mass is 361 g/mol. The van der Waals surface area contributed by atoms with Gasteiger partial charge in [-0.1, -0.05) is 0 Å². The van der Waals surface area contributed by atoms with Gasteiger partial charge < -0.3 is 10.6 Å². The first-order chi connectivity index (χ1) is 12.2. The zero-order chi connectivity index (χ0) is 18.6. The Labute approximate surface area is 150 Å². The van der Waals surface area contributed by atoms with E-state index in [0.717, 1.165) is 19.3 Å². The Morgan fingerprint density at radius 3 is 2.69 bits per heavy atom. The van der Waals surface area contributed by atoms with E-state index < -0.39 is 17.1 Å². The third-order valence-electron chi connectivity index (χ3n) is 5.58. The van der Waals surface area contributed by atoms with E-state index in [0.29, 0.717) is 25.6 Å². The molecule has 26 heavy (non-hydrogen) atoms. The highest BCUT2D eigenvalue weighted by Gasteiger charge is 2.34. The van der Waals surface area contributed by atoms with Crippen LogP contribution in [0.3, 0.4) is 0 Å². The summed E-state index contributed by atoms with van der Waals surface area (Å²) >= 11 is 0. The highest BCUT2D eigenvalue weighted by atomic mass is 19.1. The van der Waals surface area contributed by atoms with Gasteiger partial charge in [0.05, 0.1) is 5.39 Å². The van der Waals surface area contributed by atoms with Gasteiger partial charge in [-0.2, -0.15) is 0 Å². The molecule has 1 saturated carbocycles. The molecule has 7 nitrogen and oxygen atoms in total. The van der Waals surface area contributed by atoms with Crippen molar-refractivity contribution < 1.29 is 4.39 Å². The van der Waals surface area contributed by atoms with Crippen LogP contribution in [0.1, 0.15) is 33.1 Å². The molecule has 4 rings (SSSR count). The molecule has 0 radical (unpaired) electrons. The zero-order valence-electron chi connectivity index (χ0n) is 15.1. The lowest BCUT2D eigenvalue weighted by Gasteiger charge is -2.27. The van der Waals surface area contributed by atoms with Gasteiger partial charge in [0.2, 0.25) is 0 Å². The van der Waals surface area contributed by atoms with Gasteiger partial charge in [0.15, 0.2) is 17.3 Å². The molecular formula is C18H24FN5O2. The van der Waals surface area contributed by atoms with E-state index in [1.807, 2.05) is 18.7 Å². The van der Waals surface area contributed by atoms with Gasteiger partial charge in [-0.05, 0) is 51.0 Å². The number of hydrogen-bond donors (Lipinski definition) is 2. The summed E-state index contributed by atoms with van der Waals surface area (Å²) in [6.07, 6.45) is 2.97. The molecule has 3 N–H and O–H groups in total. The Morgan fingerprint density at radius 2 is 2.08 bits per heavy atom. The summed E-state index contributed by atoms with van der Waals surface area (Å²) in [5, 5.41) is 0.112. The van der Waals surface area contributed by atoms with Crippen molar-refractivity contribution in [2.75, 3.05) is 18.0 Å². The van der Waals surface area contributed by atoms with E-state index in [9.17, 15) is 14.0 Å². The van der Waals surface area contributed by atoms with E-state index in [-0.39, 0.29) is 28.3 Å². The minimum Gasteiger partial charge on any atom is -0.354 e. The zero-order valence-corrected chi connectivity index (χ0v) is 15.1. The predicted molar refractivity (Wildman–Crippen MR) is 97.9 cm³/mol. The average Bonchev–Trinajstić information content (AvgIpc) is 3.22. The van der Waals surface area contributed by atoms with Crippen LogP contribution in [0.5, 0.6) is 0 Å².